The van der Waals surface area contributed by atoms with Gasteiger partial charge in [0, 0.05) is 23.6 Å². The molecule has 1 atom stereocenters. The summed E-state index contributed by atoms with van der Waals surface area (Å²) >= 11 is 3.28. The fraction of sp³-hybridized carbons (Fsp3) is 0.562. The van der Waals surface area contributed by atoms with Crippen LogP contribution in [0.2, 0.25) is 0 Å². The van der Waals surface area contributed by atoms with Crippen molar-refractivity contribution in [3.05, 3.63) is 34.1 Å². The number of benzene rings is 1. The second-order valence-corrected chi connectivity index (χ2v) is 9.42. The number of carbonyl (C=O) groups is 1. The van der Waals surface area contributed by atoms with Crippen molar-refractivity contribution in [1.29, 1.82) is 0 Å². The van der Waals surface area contributed by atoms with E-state index in [1.54, 1.807) is 11.0 Å². The molecular weight excluding hydrogens is 399 g/mol. The van der Waals surface area contributed by atoms with Gasteiger partial charge in [-0.15, -0.1) is 0 Å². The Kier molecular flexibility index (Phi) is 4.74. The molecule has 2 fully saturated rings. The molecule has 0 spiro atoms. The predicted molar refractivity (Wildman–Crippen MR) is 92.6 cm³/mol. The van der Waals surface area contributed by atoms with Crippen molar-refractivity contribution >= 4 is 31.9 Å². The third kappa shape index (κ3) is 3.81. The maximum atomic E-state index is 13.7. The Morgan fingerprint density at radius 2 is 2.08 bits per heavy atom. The van der Waals surface area contributed by atoms with E-state index in [-0.39, 0.29) is 17.8 Å². The van der Waals surface area contributed by atoms with Crippen molar-refractivity contribution in [3.8, 4) is 0 Å². The van der Waals surface area contributed by atoms with Crippen LogP contribution in [0.4, 0.5) is 4.39 Å². The van der Waals surface area contributed by atoms with Crippen LogP contribution in [0, 0.1) is 5.82 Å². The topological polar surface area (TPSA) is 66.5 Å². The molecule has 0 radical (unpaired) electrons. The number of nitrogens with one attached hydrogen (secondary N) is 1. The number of rotatable bonds is 4. The summed E-state index contributed by atoms with van der Waals surface area (Å²) in [6.45, 7) is 0.975. The molecule has 0 aromatic heterocycles. The fourth-order valence-electron chi connectivity index (χ4n) is 3.44. The van der Waals surface area contributed by atoms with Crippen LogP contribution < -0.4 is 4.72 Å². The molecule has 24 heavy (non-hydrogen) atoms. The number of hydrogen-bond acceptors (Lipinski definition) is 3. The predicted octanol–water partition coefficient (Wildman–Crippen LogP) is 2.16. The zero-order valence-corrected chi connectivity index (χ0v) is 15.8. The first kappa shape index (κ1) is 17.8. The minimum absolute atomic E-state index is 0.0278. The quantitative estimate of drug-likeness (QED) is 0.814. The highest BCUT2D eigenvalue weighted by atomic mass is 79.9. The molecule has 1 aliphatic carbocycles. The Bertz CT molecular complexity index is 744. The van der Waals surface area contributed by atoms with E-state index in [0.29, 0.717) is 36.0 Å². The zero-order chi connectivity index (χ0) is 17.5. The number of hydrogen-bond donors (Lipinski definition) is 1. The molecule has 1 saturated carbocycles. The largest absolute Gasteiger partial charge is 0.340 e. The van der Waals surface area contributed by atoms with Crippen LogP contribution in [0.5, 0.6) is 0 Å². The molecule has 0 bridgehead atoms. The van der Waals surface area contributed by atoms with Gasteiger partial charge in [-0.3, -0.25) is 4.79 Å². The lowest BCUT2D eigenvalue weighted by Gasteiger charge is -2.35. The normalized spacial score (nSPS) is 23.1. The van der Waals surface area contributed by atoms with Crippen molar-refractivity contribution in [3.63, 3.8) is 0 Å². The van der Waals surface area contributed by atoms with Crippen molar-refractivity contribution in [1.82, 2.24) is 9.62 Å². The van der Waals surface area contributed by atoms with E-state index >= 15 is 0 Å². The van der Waals surface area contributed by atoms with Gasteiger partial charge in [0.25, 0.3) is 0 Å². The zero-order valence-electron chi connectivity index (χ0n) is 13.4. The smallest absolute Gasteiger partial charge is 0.233 e. The third-order valence-electron chi connectivity index (χ3n) is 4.66. The Morgan fingerprint density at radius 1 is 1.38 bits per heavy atom. The van der Waals surface area contributed by atoms with E-state index in [1.165, 1.54) is 12.1 Å². The number of carbonyl (C=O) groups excluding carboxylic acids is 1. The number of piperidine rings is 1. The number of nitrogens with zero attached hydrogens (tertiary/aromatic N) is 1. The fourth-order valence-corrected chi connectivity index (χ4v) is 4.71. The van der Waals surface area contributed by atoms with Gasteiger partial charge in [-0.2, -0.15) is 0 Å². The molecule has 1 aromatic carbocycles. The van der Waals surface area contributed by atoms with Gasteiger partial charge in [-0.05, 0) is 49.4 Å². The molecule has 5 nitrogen and oxygen atoms in total. The molecule has 1 aromatic rings. The molecule has 1 amide bonds. The Hall–Kier alpha value is -0.990. The van der Waals surface area contributed by atoms with Crippen LogP contribution in [0.1, 0.15) is 31.2 Å². The Balaban J connectivity index is 1.78. The minimum Gasteiger partial charge on any atom is -0.340 e. The molecule has 8 heteroatoms. The van der Waals surface area contributed by atoms with Gasteiger partial charge in [0.05, 0.1) is 11.7 Å². The van der Waals surface area contributed by atoms with Crippen LogP contribution in [-0.2, 0) is 20.2 Å². The van der Waals surface area contributed by atoms with E-state index in [9.17, 15) is 17.6 Å². The highest BCUT2D eigenvalue weighted by molar-refractivity contribution is 9.10. The lowest BCUT2D eigenvalue weighted by atomic mass is 9.93. The molecule has 1 saturated heterocycles. The standard InChI is InChI=1S/C16H20BrFN2O3S/c1-24(22,23)19-14-3-2-6-20(10-14)15(21)16(4-5-16)11-7-12(17)9-13(18)8-11/h7-9,14,19H,2-6,10H2,1H3. The summed E-state index contributed by atoms with van der Waals surface area (Å²) in [6, 6.07) is 4.33. The maximum absolute atomic E-state index is 13.7. The first-order valence-electron chi connectivity index (χ1n) is 7.93. The number of likely N-dealkylation sites (tertiary alicyclic amines) is 1. The SMILES string of the molecule is CS(=O)(=O)NC1CCCN(C(=O)C2(c3cc(F)cc(Br)c3)CC2)C1. The molecule has 132 valence electrons. The average Bonchev–Trinajstić information content (AvgIpc) is 3.25. The van der Waals surface area contributed by atoms with Gasteiger partial charge in [-0.25, -0.2) is 17.5 Å². The van der Waals surface area contributed by atoms with Gasteiger partial charge in [0.15, 0.2) is 0 Å². The number of halogens is 2. The minimum atomic E-state index is -3.30. The van der Waals surface area contributed by atoms with Crippen LogP contribution in [-0.4, -0.2) is 44.6 Å². The summed E-state index contributed by atoms with van der Waals surface area (Å²) in [6.07, 6.45) is 3.99. The van der Waals surface area contributed by atoms with Gasteiger partial charge in [0.1, 0.15) is 5.82 Å². The van der Waals surface area contributed by atoms with Crippen LogP contribution in [0.3, 0.4) is 0 Å². The highest BCUT2D eigenvalue weighted by Crippen LogP contribution is 2.50. The second kappa shape index (κ2) is 6.38. The molecule has 1 unspecified atom stereocenters. The number of amides is 1. The van der Waals surface area contributed by atoms with Crippen molar-refractivity contribution in [2.45, 2.75) is 37.1 Å². The van der Waals surface area contributed by atoms with Gasteiger partial charge in [0.2, 0.25) is 15.9 Å². The van der Waals surface area contributed by atoms with E-state index < -0.39 is 15.4 Å². The summed E-state index contributed by atoms with van der Waals surface area (Å²) in [7, 11) is -3.30. The molecule has 3 rings (SSSR count). The maximum Gasteiger partial charge on any atom is 0.233 e. The van der Waals surface area contributed by atoms with Crippen molar-refractivity contribution in [2.24, 2.45) is 0 Å². The first-order chi connectivity index (χ1) is 11.2. The average molecular weight is 419 g/mol. The third-order valence-corrected chi connectivity index (χ3v) is 5.88. The highest BCUT2D eigenvalue weighted by Gasteiger charge is 2.53. The molecule has 1 aliphatic heterocycles. The summed E-state index contributed by atoms with van der Waals surface area (Å²) in [5, 5.41) is 0. The van der Waals surface area contributed by atoms with E-state index in [4.69, 9.17) is 0 Å². The Labute approximate surface area is 149 Å². The lowest BCUT2D eigenvalue weighted by molar-refractivity contribution is -0.135. The van der Waals surface area contributed by atoms with Gasteiger partial charge in [-0.1, -0.05) is 15.9 Å². The van der Waals surface area contributed by atoms with Crippen LogP contribution in [0.25, 0.3) is 0 Å². The molecule has 2 aliphatic rings. The van der Waals surface area contributed by atoms with E-state index in [0.717, 1.165) is 19.1 Å². The summed E-state index contributed by atoms with van der Waals surface area (Å²) in [5.74, 6) is -0.395. The lowest BCUT2D eigenvalue weighted by Crippen LogP contribution is -2.51. The second-order valence-electron chi connectivity index (χ2n) is 6.72. The van der Waals surface area contributed by atoms with Crippen LogP contribution in [0.15, 0.2) is 22.7 Å². The summed E-state index contributed by atoms with van der Waals surface area (Å²) in [4.78, 5) is 14.7. The van der Waals surface area contributed by atoms with Crippen LogP contribution >= 0.6 is 15.9 Å². The number of sulfonamides is 1. The van der Waals surface area contributed by atoms with Crippen molar-refractivity contribution in [2.75, 3.05) is 19.3 Å². The molecule has 1 heterocycles. The monoisotopic (exact) mass is 418 g/mol. The van der Waals surface area contributed by atoms with Gasteiger partial charge < -0.3 is 4.90 Å². The Morgan fingerprint density at radius 3 is 2.67 bits per heavy atom. The molecule has 1 N–H and O–H groups in total. The summed E-state index contributed by atoms with van der Waals surface area (Å²) < 4.78 is 39.7. The first-order valence-corrected chi connectivity index (χ1v) is 10.6. The van der Waals surface area contributed by atoms with Gasteiger partial charge >= 0.3 is 0 Å². The van der Waals surface area contributed by atoms with Crippen molar-refractivity contribution < 1.29 is 17.6 Å². The van der Waals surface area contributed by atoms with E-state index in [2.05, 4.69) is 20.7 Å². The summed E-state index contributed by atoms with van der Waals surface area (Å²) in [5.41, 5.74) is 0.0370. The molecular formula is C16H20BrFN2O3S. The van der Waals surface area contributed by atoms with E-state index in [1.807, 2.05) is 0 Å².